The Labute approximate surface area is 92.8 Å². The van der Waals surface area contributed by atoms with Gasteiger partial charge in [0.25, 0.3) is 0 Å². The molecule has 16 heavy (non-hydrogen) atoms. The number of ether oxygens (including phenoxy) is 2. The molecule has 1 rings (SSSR count). The summed E-state index contributed by atoms with van der Waals surface area (Å²) in [5.41, 5.74) is 0.359. The van der Waals surface area contributed by atoms with Gasteiger partial charge >= 0.3 is 5.97 Å². The lowest BCUT2D eigenvalue weighted by molar-refractivity contribution is -0.146. The van der Waals surface area contributed by atoms with E-state index in [0.717, 1.165) is 0 Å². The van der Waals surface area contributed by atoms with Gasteiger partial charge in [0.1, 0.15) is 18.4 Å². The third-order valence-electron chi connectivity index (χ3n) is 1.71. The number of benzene rings is 1. The van der Waals surface area contributed by atoms with Crippen molar-refractivity contribution in [1.29, 1.82) is 5.26 Å². The van der Waals surface area contributed by atoms with Gasteiger partial charge in [-0.1, -0.05) is 12.1 Å². The van der Waals surface area contributed by atoms with Crippen LogP contribution in [0.3, 0.4) is 0 Å². The number of nitrogens with zero attached hydrogens (tertiary/aromatic N) is 1. The van der Waals surface area contributed by atoms with Crippen LogP contribution in [0.2, 0.25) is 0 Å². The van der Waals surface area contributed by atoms with Gasteiger partial charge in [-0.25, -0.2) is 4.79 Å². The third-order valence-corrected chi connectivity index (χ3v) is 1.71. The summed E-state index contributed by atoms with van der Waals surface area (Å²) in [5, 5.41) is 17.2. The lowest BCUT2D eigenvalue weighted by Crippen LogP contribution is -2.17. The summed E-state index contributed by atoms with van der Waals surface area (Å²) >= 11 is 0. The number of carbonyl (C=O) groups is 1. The Hall–Kier alpha value is -2.06. The molecular weight excluding hydrogens is 210 g/mol. The molecular formula is C11H11NO4. The highest BCUT2D eigenvalue weighted by atomic mass is 16.6. The highest BCUT2D eigenvalue weighted by molar-refractivity contribution is 5.71. The molecule has 0 heterocycles. The van der Waals surface area contributed by atoms with Crippen LogP contribution in [0, 0.1) is 11.3 Å². The number of para-hydroxylation sites is 1. The molecule has 0 atom stereocenters. The van der Waals surface area contributed by atoms with E-state index in [2.05, 4.69) is 4.74 Å². The molecule has 0 aliphatic carbocycles. The SMILES string of the molecule is N#Cc1ccccc1OCC(=O)OCCO. The molecule has 0 aliphatic rings. The molecule has 0 unspecified atom stereocenters. The van der Waals surface area contributed by atoms with Crippen LogP contribution in [0.1, 0.15) is 5.56 Å². The summed E-state index contributed by atoms with van der Waals surface area (Å²) in [5.74, 6) is -0.243. The van der Waals surface area contributed by atoms with E-state index in [-0.39, 0.29) is 19.8 Å². The number of aliphatic hydroxyl groups excluding tert-OH is 1. The molecule has 0 radical (unpaired) electrons. The van der Waals surface area contributed by atoms with Crippen molar-refractivity contribution in [1.82, 2.24) is 0 Å². The monoisotopic (exact) mass is 221 g/mol. The van der Waals surface area contributed by atoms with Crippen molar-refractivity contribution in [2.24, 2.45) is 0 Å². The van der Waals surface area contributed by atoms with E-state index in [0.29, 0.717) is 11.3 Å². The first-order chi connectivity index (χ1) is 7.77. The summed E-state index contributed by atoms with van der Waals surface area (Å²) in [6.07, 6.45) is 0. The minimum Gasteiger partial charge on any atom is -0.481 e. The van der Waals surface area contributed by atoms with Crippen LogP contribution in [0.15, 0.2) is 24.3 Å². The molecule has 1 N–H and O–H groups in total. The molecule has 0 bridgehead atoms. The summed E-state index contributed by atoms with van der Waals surface area (Å²) in [4.78, 5) is 11.0. The molecule has 5 nitrogen and oxygen atoms in total. The molecule has 0 aromatic heterocycles. The maximum absolute atomic E-state index is 11.0. The van der Waals surface area contributed by atoms with Gasteiger partial charge < -0.3 is 14.6 Å². The van der Waals surface area contributed by atoms with Gasteiger partial charge in [0, 0.05) is 0 Å². The second-order valence-electron chi connectivity index (χ2n) is 2.84. The first-order valence-corrected chi connectivity index (χ1v) is 4.66. The second-order valence-corrected chi connectivity index (χ2v) is 2.84. The zero-order valence-electron chi connectivity index (χ0n) is 8.55. The summed E-state index contributed by atoms with van der Waals surface area (Å²) in [7, 11) is 0. The lowest BCUT2D eigenvalue weighted by atomic mass is 10.2. The van der Waals surface area contributed by atoms with E-state index >= 15 is 0 Å². The van der Waals surface area contributed by atoms with Crippen molar-refractivity contribution in [3.8, 4) is 11.8 Å². The van der Waals surface area contributed by atoms with E-state index in [1.807, 2.05) is 6.07 Å². The van der Waals surface area contributed by atoms with E-state index < -0.39 is 5.97 Å². The second kappa shape index (κ2) is 6.43. The van der Waals surface area contributed by atoms with Gasteiger partial charge in [-0.2, -0.15) is 5.26 Å². The minimum atomic E-state index is -0.582. The van der Waals surface area contributed by atoms with Crippen molar-refractivity contribution in [3.63, 3.8) is 0 Å². The zero-order chi connectivity index (χ0) is 11.8. The molecule has 0 fully saturated rings. The van der Waals surface area contributed by atoms with Crippen molar-refractivity contribution < 1.29 is 19.4 Å². The smallest absolute Gasteiger partial charge is 0.344 e. The summed E-state index contributed by atoms with van der Waals surface area (Å²) < 4.78 is 9.70. The predicted octanol–water partition coefficient (Wildman–Crippen LogP) is 0.473. The Morgan fingerprint density at radius 1 is 1.44 bits per heavy atom. The number of esters is 1. The average Bonchev–Trinajstić information content (AvgIpc) is 2.34. The van der Waals surface area contributed by atoms with E-state index in [9.17, 15) is 4.79 Å². The Bertz CT molecular complexity index is 397. The highest BCUT2D eigenvalue weighted by Crippen LogP contribution is 2.16. The molecule has 84 valence electrons. The molecule has 0 saturated heterocycles. The molecule has 0 amide bonds. The van der Waals surface area contributed by atoms with Crippen LogP contribution in [0.25, 0.3) is 0 Å². The number of hydrogen-bond donors (Lipinski definition) is 1. The zero-order valence-corrected chi connectivity index (χ0v) is 8.55. The van der Waals surface area contributed by atoms with Gasteiger partial charge in [-0.05, 0) is 12.1 Å². The van der Waals surface area contributed by atoms with E-state index in [1.165, 1.54) is 0 Å². The van der Waals surface area contributed by atoms with Crippen LogP contribution in [0.5, 0.6) is 5.75 Å². The largest absolute Gasteiger partial charge is 0.481 e. The van der Waals surface area contributed by atoms with Gasteiger partial charge in [0.15, 0.2) is 6.61 Å². The van der Waals surface area contributed by atoms with E-state index in [4.69, 9.17) is 15.1 Å². The molecule has 0 saturated carbocycles. The molecule has 5 heteroatoms. The molecule has 0 aliphatic heterocycles. The van der Waals surface area contributed by atoms with Gasteiger partial charge in [0.2, 0.25) is 0 Å². The van der Waals surface area contributed by atoms with Crippen LogP contribution in [-0.4, -0.2) is 30.9 Å². The van der Waals surface area contributed by atoms with Gasteiger partial charge in [-0.15, -0.1) is 0 Å². The quantitative estimate of drug-likeness (QED) is 0.731. The van der Waals surface area contributed by atoms with Crippen molar-refractivity contribution in [2.75, 3.05) is 19.8 Å². The number of hydrogen-bond acceptors (Lipinski definition) is 5. The molecule has 1 aromatic carbocycles. The number of nitriles is 1. The normalized spacial score (nSPS) is 9.25. The Morgan fingerprint density at radius 3 is 2.88 bits per heavy atom. The standard InChI is InChI=1S/C11H11NO4/c12-7-9-3-1-2-4-10(9)16-8-11(14)15-6-5-13/h1-4,13H,5-6,8H2. The summed E-state index contributed by atoms with van der Waals surface area (Å²) in [6.45, 7) is -0.554. The minimum absolute atomic E-state index is 0.0535. The fourth-order valence-electron chi connectivity index (χ4n) is 1.02. The average molecular weight is 221 g/mol. The Morgan fingerprint density at radius 2 is 2.19 bits per heavy atom. The fourth-order valence-corrected chi connectivity index (χ4v) is 1.02. The summed E-state index contributed by atoms with van der Waals surface area (Å²) in [6, 6.07) is 8.54. The van der Waals surface area contributed by atoms with Crippen LogP contribution < -0.4 is 4.74 Å². The maximum atomic E-state index is 11.0. The number of aliphatic hydroxyl groups is 1. The fraction of sp³-hybridized carbons (Fsp3) is 0.273. The van der Waals surface area contributed by atoms with Crippen LogP contribution in [-0.2, 0) is 9.53 Å². The number of carbonyl (C=O) groups excluding carboxylic acids is 1. The first kappa shape index (κ1) is 12.0. The van der Waals surface area contributed by atoms with Crippen molar-refractivity contribution >= 4 is 5.97 Å². The van der Waals surface area contributed by atoms with Gasteiger partial charge in [-0.3, -0.25) is 0 Å². The predicted molar refractivity (Wildman–Crippen MR) is 54.7 cm³/mol. The molecule has 1 aromatic rings. The molecule has 0 spiro atoms. The first-order valence-electron chi connectivity index (χ1n) is 4.66. The Balaban J connectivity index is 2.48. The van der Waals surface area contributed by atoms with Crippen LogP contribution >= 0.6 is 0 Å². The van der Waals surface area contributed by atoms with Crippen LogP contribution in [0.4, 0.5) is 0 Å². The van der Waals surface area contributed by atoms with E-state index in [1.54, 1.807) is 24.3 Å². The maximum Gasteiger partial charge on any atom is 0.344 e. The Kier molecular flexibility index (Phi) is 4.83. The topological polar surface area (TPSA) is 79.5 Å². The van der Waals surface area contributed by atoms with Crippen molar-refractivity contribution in [2.45, 2.75) is 0 Å². The van der Waals surface area contributed by atoms with Crippen molar-refractivity contribution in [3.05, 3.63) is 29.8 Å². The lowest BCUT2D eigenvalue weighted by Gasteiger charge is -2.06. The highest BCUT2D eigenvalue weighted by Gasteiger charge is 2.06. The number of rotatable bonds is 5. The van der Waals surface area contributed by atoms with Gasteiger partial charge in [0.05, 0.1) is 12.2 Å². The third kappa shape index (κ3) is 3.59.